The van der Waals surface area contributed by atoms with Gasteiger partial charge in [-0.1, -0.05) is 12.1 Å². The van der Waals surface area contributed by atoms with Crippen molar-refractivity contribution in [2.45, 2.75) is 38.2 Å². The smallest absolute Gasteiger partial charge is 0.222 e. The Morgan fingerprint density at radius 2 is 1.84 bits per heavy atom. The summed E-state index contributed by atoms with van der Waals surface area (Å²) < 4.78 is 12.8. The lowest BCUT2D eigenvalue weighted by Gasteiger charge is -2.27. The molecule has 0 saturated carbocycles. The Morgan fingerprint density at radius 1 is 1.21 bits per heavy atom. The molecule has 1 aliphatic rings. The Bertz CT molecular complexity index is 413. The van der Waals surface area contributed by atoms with E-state index in [2.05, 4.69) is 0 Å². The Kier molecular flexibility index (Phi) is 4.91. The van der Waals surface area contributed by atoms with Crippen LogP contribution in [0.1, 0.15) is 43.8 Å². The van der Waals surface area contributed by atoms with E-state index >= 15 is 0 Å². The van der Waals surface area contributed by atoms with Gasteiger partial charge in [-0.15, -0.1) is 0 Å². The molecule has 0 radical (unpaired) electrons. The Labute approximate surface area is 113 Å². The first kappa shape index (κ1) is 14.0. The van der Waals surface area contributed by atoms with E-state index in [0.29, 0.717) is 18.4 Å². The monoisotopic (exact) mass is 265 g/mol. The molecular weight excluding hydrogens is 245 g/mol. The number of hydrogen-bond donors (Lipinski definition) is 1. The molecule has 0 bridgehead atoms. The first-order chi connectivity index (χ1) is 9.16. The van der Waals surface area contributed by atoms with Crippen molar-refractivity contribution in [2.75, 3.05) is 13.1 Å². The molecule has 0 aromatic heterocycles. The summed E-state index contributed by atoms with van der Waals surface area (Å²) in [5, 5.41) is 9.97. The molecule has 1 unspecified atom stereocenters. The third-order valence-corrected chi connectivity index (χ3v) is 3.60. The number of carbonyl (C=O) groups excluding carboxylic acids is 1. The zero-order valence-electron chi connectivity index (χ0n) is 11.0. The number of nitrogens with zero attached hydrogens (tertiary/aromatic N) is 1. The summed E-state index contributed by atoms with van der Waals surface area (Å²) >= 11 is 0. The highest BCUT2D eigenvalue weighted by molar-refractivity contribution is 5.76. The van der Waals surface area contributed by atoms with E-state index in [1.165, 1.54) is 18.6 Å². The van der Waals surface area contributed by atoms with Crippen molar-refractivity contribution in [1.29, 1.82) is 0 Å². The van der Waals surface area contributed by atoms with Gasteiger partial charge in [0.2, 0.25) is 5.91 Å². The van der Waals surface area contributed by atoms with Crippen LogP contribution in [0.4, 0.5) is 4.39 Å². The summed E-state index contributed by atoms with van der Waals surface area (Å²) in [6.07, 6.45) is 3.38. The fourth-order valence-corrected chi connectivity index (χ4v) is 2.41. The summed E-state index contributed by atoms with van der Waals surface area (Å²) in [5.41, 5.74) is 0.660. The molecular formula is C15H20FNO2. The van der Waals surface area contributed by atoms with Crippen LogP contribution < -0.4 is 0 Å². The number of amides is 1. The lowest BCUT2D eigenvalue weighted by Crippen LogP contribution is -2.35. The summed E-state index contributed by atoms with van der Waals surface area (Å²) in [6, 6.07) is 5.77. The van der Waals surface area contributed by atoms with Crippen LogP contribution in [-0.4, -0.2) is 29.0 Å². The van der Waals surface area contributed by atoms with E-state index in [9.17, 15) is 14.3 Å². The van der Waals surface area contributed by atoms with Gasteiger partial charge in [-0.3, -0.25) is 4.79 Å². The fourth-order valence-electron chi connectivity index (χ4n) is 2.41. The number of benzene rings is 1. The molecule has 1 aromatic rings. The van der Waals surface area contributed by atoms with Gasteiger partial charge >= 0.3 is 0 Å². The van der Waals surface area contributed by atoms with Gasteiger partial charge in [0, 0.05) is 19.5 Å². The van der Waals surface area contributed by atoms with Crippen molar-refractivity contribution >= 4 is 5.91 Å². The lowest BCUT2D eigenvalue weighted by molar-refractivity contribution is -0.132. The molecule has 2 rings (SSSR count). The average molecular weight is 265 g/mol. The number of piperidine rings is 1. The van der Waals surface area contributed by atoms with Crippen LogP contribution in [0.25, 0.3) is 0 Å². The molecule has 1 saturated heterocycles. The lowest BCUT2D eigenvalue weighted by atomic mass is 10.0. The summed E-state index contributed by atoms with van der Waals surface area (Å²) in [6.45, 7) is 1.68. The van der Waals surface area contributed by atoms with E-state index in [4.69, 9.17) is 0 Å². The first-order valence-corrected chi connectivity index (χ1v) is 6.88. The molecule has 4 heteroatoms. The molecule has 3 nitrogen and oxygen atoms in total. The molecule has 0 spiro atoms. The van der Waals surface area contributed by atoms with Crippen LogP contribution in [0.5, 0.6) is 0 Å². The van der Waals surface area contributed by atoms with E-state index in [-0.39, 0.29) is 11.7 Å². The van der Waals surface area contributed by atoms with Crippen LogP contribution in [0.2, 0.25) is 0 Å². The van der Waals surface area contributed by atoms with Gasteiger partial charge in [-0.05, 0) is 43.4 Å². The maximum Gasteiger partial charge on any atom is 0.222 e. The van der Waals surface area contributed by atoms with Gasteiger partial charge in [-0.25, -0.2) is 4.39 Å². The number of likely N-dealkylation sites (tertiary alicyclic amines) is 1. The summed E-state index contributed by atoms with van der Waals surface area (Å²) in [7, 11) is 0. The van der Waals surface area contributed by atoms with Crippen molar-refractivity contribution in [3.05, 3.63) is 35.6 Å². The van der Waals surface area contributed by atoms with Crippen LogP contribution in [0, 0.1) is 5.82 Å². The van der Waals surface area contributed by atoms with Crippen molar-refractivity contribution in [2.24, 2.45) is 0 Å². The average Bonchev–Trinajstić information content (AvgIpc) is 2.46. The topological polar surface area (TPSA) is 40.5 Å². The van der Waals surface area contributed by atoms with Crippen LogP contribution in [0.3, 0.4) is 0 Å². The predicted octanol–water partition coefficient (Wildman–Crippen LogP) is 2.65. The molecule has 104 valence electrons. The van der Waals surface area contributed by atoms with Crippen molar-refractivity contribution in [1.82, 2.24) is 4.90 Å². The maximum atomic E-state index is 12.8. The van der Waals surface area contributed by atoms with E-state index in [0.717, 1.165) is 25.9 Å². The normalized spacial score (nSPS) is 17.3. The quantitative estimate of drug-likeness (QED) is 0.909. The molecule has 1 fully saturated rings. The van der Waals surface area contributed by atoms with Crippen LogP contribution in [0.15, 0.2) is 24.3 Å². The predicted molar refractivity (Wildman–Crippen MR) is 71.0 cm³/mol. The minimum atomic E-state index is -0.700. The molecule has 19 heavy (non-hydrogen) atoms. The SMILES string of the molecule is O=C(CCC(O)c1ccc(F)cc1)N1CCCCC1. The zero-order valence-corrected chi connectivity index (χ0v) is 11.0. The maximum absolute atomic E-state index is 12.8. The van der Waals surface area contributed by atoms with Gasteiger partial charge in [0.05, 0.1) is 6.10 Å². The second kappa shape index (κ2) is 6.66. The largest absolute Gasteiger partial charge is 0.388 e. The number of aliphatic hydroxyl groups excluding tert-OH is 1. The molecule has 1 heterocycles. The van der Waals surface area contributed by atoms with E-state index in [1.54, 1.807) is 12.1 Å². The van der Waals surface area contributed by atoms with Crippen molar-refractivity contribution in [3.8, 4) is 0 Å². The minimum Gasteiger partial charge on any atom is -0.388 e. The van der Waals surface area contributed by atoms with Crippen LogP contribution in [-0.2, 0) is 4.79 Å². The molecule has 1 N–H and O–H groups in total. The third kappa shape index (κ3) is 4.03. The third-order valence-electron chi connectivity index (χ3n) is 3.60. The summed E-state index contributed by atoms with van der Waals surface area (Å²) in [5.74, 6) is -0.207. The Balaban J connectivity index is 1.80. The molecule has 1 aromatic carbocycles. The van der Waals surface area contributed by atoms with Gasteiger partial charge in [-0.2, -0.15) is 0 Å². The van der Waals surface area contributed by atoms with E-state index < -0.39 is 6.10 Å². The molecule has 1 atom stereocenters. The second-order valence-corrected chi connectivity index (χ2v) is 5.05. The van der Waals surface area contributed by atoms with Crippen molar-refractivity contribution < 1.29 is 14.3 Å². The standard InChI is InChI=1S/C15H20FNO2/c16-13-6-4-12(5-7-13)14(18)8-9-15(19)17-10-2-1-3-11-17/h4-7,14,18H,1-3,8-11H2. The number of carbonyl (C=O) groups is 1. The Hall–Kier alpha value is -1.42. The highest BCUT2D eigenvalue weighted by Gasteiger charge is 2.18. The minimum absolute atomic E-state index is 0.112. The van der Waals surface area contributed by atoms with Crippen molar-refractivity contribution in [3.63, 3.8) is 0 Å². The molecule has 1 aliphatic heterocycles. The van der Waals surface area contributed by atoms with Gasteiger partial charge in [0.15, 0.2) is 0 Å². The van der Waals surface area contributed by atoms with Gasteiger partial charge in [0.1, 0.15) is 5.82 Å². The van der Waals surface area contributed by atoms with Gasteiger partial charge in [0.25, 0.3) is 0 Å². The first-order valence-electron chi connectivity index (χ1n) is 6.88. The number of aliphatic hydroxyl groups is 1. The molecule has 0 aliphatic carbocycles. The number of hydrogen-bond acceptors (Lipinski definition) is 2. The number of rotatable bonds is 4. The number of halogens is 1. The summed E-state index contributed by atoms with van der Waals surface area (Å²) in [4.78, 5) is 13.8. The Morgan fingerprint density at radius 3 is 2.47 bits per heavy atom. The second-order valence-electron chi connectivity index (χ2n) is 5.05. The highest BCUT2D eigenvalue weighted by atomic mass is 19.1. The van der Waals surface area contributed by atoms with Crippen LogP contribution >= 0.6 is 0 Å². The highest BCUT2D eigenvalue weighted by Crippen LogP contribution is 2.20. The molecule has 1 amide bonds. The van der Waals surface area contributed by atoms with Gasteiger partial charge < -0.3 is 10.0 Å². The zero-order chi connectivity index (χ0) is 13.7. The van der Waals surface area contributed by atoms with E-state index in [1.807, 2.05) is 4.90 Å². The fraction of sp³-hybridized carbons (Fsp3) is 0.533.